The largest absolute Gasteiger partial charge is 0.351 e. The van der Waals surface area contributed by atoms with Gasteiger partial charge in [0.25, 0.3) is 0 Å². The first kappa shape index (κ1) is 13.2. The van der Waals surface area contributed by atoms with Crippen LogP contribution >= 0.6 is 34.2 Å². The standard InChI is InChI=1S/C12H9ClIN3O/c1-9-15-16(8-2-7-14)12(18)17(9)11-5-3-10(13)4-6-11/h3-6H,8H2,1H3. The number of nitrogens with zero attached hydrogens (tertiary/aromatic N) is 3. The lowest BCUT2D eigenvalue weighted by molar-refractivity contribution is 0.676. The van der Waals surface area contributed by atoms with Crippen molar-refractivity contribution in [1.29, 1.82) is 0 Å². The van der Waals surface area contributed by atoms with Crippen molar-refractivity contribution in [2.45, 2.75) is 13.5 Å². The maximum absolute atomic E-state index is 12.1. The van der Waals surface area contributed by atoms with Gasteiger partial charge in [0, 0.05) is 27.6 Å². The number of hydrogen-bond donors (Lipinski definition) is 0. The van der Waals surface area contributed by atoms with E-state index in [2.05, 4.69) is 14.9 Å². The van der Waals surface area contributed by atoms with Gasteiger partial charge >= 0.3 is 5.69 Å². The molecule has 0 aliphatic carbocycles. The zero-order valence-corrected chi connectivity index (χ0v) is 12.4. The van der Waals surface area contributed by atoms with Crippen LogP contribution in [0.3, 0.4) is 0 Å². The highest BCUT2D eigenvalue weighted by atomic mass is 127. The van der Waals surface area contributed by atoms with Crippen LogP contribution in [0.4, 0.5) is 0 Å². The molecule has 18 heavy (non-hydrogen) atoms. The van der Waals surface area contributed by atoms with Gasteiger partial charge in [0.1, 0.15) is 12.4 Å². The third-order valence-electron chi connectivity index (χ3n) is 2.38. The molecule has 1 aromatic carbocycles. The zero-order chi connectivity index (χ0) is 13.1. The second-order valence-electron chi connectivity index (χ2n) is 3.57. The Hall–Kier alpha value is -1.26. The first-order valence-corrected chi connectivity index (χ1v) is 6.60. The summed E-state index contributed by atoms with van der Waals surface area (Å²) >= 11 is 7.76. The van der Waals surface area contributed by atoms with Gasteiger partial charge in [0.15, 0.2) is 0 Å². The summed E-state index contributed by atoms with van der Waals surface area (Å²) in [6, 6.07) is 7.05. The van der Waals surface area contributed by atoms with Crippen LogP contribution in [-0.2, 0) is 6.54 Å². The van der Waals surface area contributed by atoms with E-state index in [1.165, 1.54) is 9.25 Å². The van der Waals surface area contributed by atoms with Crippen LogP contribution in [0.2, 0.25) is 5.02 Å². The predicted molar refractivity (Wildman–Crippen MR) is 79.4 cm³/mol. The van der Waals surface area contributed by atoms with E-state index in [0.29, 0.717) is 17.4 Å². The Labute approximate surface area is 123 Å². The molecule has 0 radical (unpaired) electrons. The van der Waals surface area contributed by atoms with Gasteiger partial charge < -0.3 is 0 Å². The van der Waals surface area contributed by atoms with E-state index in [9.17, 15) is 4.79 Å². The average molecular weight is 374 g/mol. The molecule has 6 heteroatoms. The summed E-state index contributed by atoms with van der Waals surface area (Å²) in [5.74, 6) is 3.43. The Kier molecular flexibility index (Phi) is 4.09. The van der Waals surface area contributed by atoms with Crippen molar-refractivity contribution in [3.63, 3.8) is 0 Å². The minimum atomic E-state index is -0.200. The van der Waals surface area contributed by atoms with Crippen molar-refractivity contribution in [1.82, 2.24) is 14.3 Å². The Balaban J connectivity index is 2.50. The highest BCUT2D eigenvalue weighted by molar-refractivity contribution is 14.1. The van der Waals surface area contributed by atoms with Gasteiger partial charge in [0.2, 0.25) is 0 Å². The third kappa shape index (κ3) is 2.60. The highest BCUT2D eigenvalue weighted by Crippen LogP contribution is 2.12. The minimum Gasteiger partial charge on any atom is -0.247 e. The number of hydrogen-bond acceptors (Lipinski definition) is 2. The molecule has 4 nitrogen and oxygen atoms in total. The highest BCUT2D eigenvalue weighted by Gasteiger charge is 2.10. The Bertz CT molecular complexity index is 676. The Morgan fingerprint density at radius 2 is 2.06 bits per heavy atom. The van der Waals surface area contributed by atoms with Crippen molar-refractivity contribution in [2.24, 2.45) is 0 Å². The molecule has 0 saturated heterocycles. The number of aryl methyl sites for hydroxylation is 1. The first-order chi connectivity index (χ1) is 8.63. The van der Waals surface area contributed by atoms with Crippen LogP contribution in [0, 0.1) is 16.8 Å². The number of rotatable bonds is 2. The van der Waals surface area contributed by atoms with Crippen LogP contribution in [0.5, 0.6) is 0 Å². The number of benzene rings is 1. The van der Waals surface area contributed by atoms with Crippen molar-refractivity contribution in [2.75, 3.05) is 0 Å². The minimum absolute atomic E-state index is 0.200. The molecule has 0 aliphatic rings. The lowest BCUT2D eigenvalue weighted by Gasteiger charge is -2.01. The molecule has 1 heterocycles. The van der Waals surface area contributed by atoms with Crippen molar-refractivity contribution in [3.05, 3.63) is 45.6 Å². The van der Waals surface area contributed by atoms with Gasteiger partial charge in [-0.3, -0.25) is 0 Å². The van der Waals surface area contributed by atoms with Gasteiger partial charge in [-0.25, -0.2) is 14.0 Å². The molecule has 2 aromatic rings. The third-order valence-corrected chi connectivity index (χ3v) is 3.01. The molecule has 0 unspecified atom stereocenters. The van der Waals surface area contributed by atoms with Crippen molar-refractivity contribution < 1.29 is 0 Å². The molecule has 2 rings (SSSR count). The molecule has 0 aliphatic heterocycles. The Morgan fingerprint density at radius 1 is 1.39 bits per heavy atom. The van der Waals surface area contributed by atoms with E-state index in [1.807, 2.05) is 22.6 Å². The van der Waals surface area contributed by atoms with E-state index in [-0.39, 0.29) is 5.69 Å². The normalized spacial score (nSPS) is 9.94. The number of halogens is 2. The van der Waals surface area contributed by atoms with E-state index in [4.69, 9.17) is 11.6 Å². The lowest BCUT2D eigenvalue weighted by Crippen LogP contribution is -2.23. The molecular formula is C12H9ClIN3O. The molecule has 1 aromatic heterocycles. The molecule has 0 fully saturated rings. The monoisotopic (exact) mass is 373 g/mol. The predicted octanol–water partition coefficient (Wildman–Crippen LogP) is 2.39. The summed E-state index contributed by atoms with van der Waals surface area (Å²) in [6.45, 7) is 2.08. The topological polar surface area (TPSA) is 39.8 Å². The van der Waals surface area contributed by atoms with Gasteiger partial charge in [-0.1, -0.05) is 17.5 Å². The van der Waals surface area contributed by atoms with Crippen LogP contribution in [-0.4, -0.2) is 14.3 Å². The van der Waals surface area contributed by atoms with Crippen LogP contribution < -0.4 is 5.69 Å². The fourth-order valence-electron chi connectivity index (χ4n) is 1.61. The van der Waals surface area contributed by atoms with Gasteiger partial charge in [-0.05, 0) is 35.1 Å². The second kappa shape index (κ2) is 5.59. The van der Waals surface area contributed by atoms with E-state index in [0.717, 1.165) is 5.69 Å². The second-order valence-corrected chi connectivity index (χ2v) is 4.55. The molecule has 0 bridgehead atoms. The van der Waals surface area contributed by atoms with Crippen molar-refractivity contribution >= 4 is 34.2 Å². The van der Waals surface area contributed by atoms with E-state index >= 15 is 0 Å². The summed E-state index contributed by atoms with van der Waals surface area (Å²) in [7, 11) is 0. The number of aromatic nitrogens is 3. The molecule has 0 amide bonds. The van der Waals surface area contributed by atoms with Gasteiger partial charge in [-0.15, -0.1) is 0 Å². The molecule has 0 spiro atoms. The fourth-order valence-corrected chi connectivity index (χ4v) is 1.91. The first-order valence-electron chi connectivity index (χ1n) is 5.14. The summed E-state index contributed by atoms with van der Waals surface area (Å²) in [4.78, 5) is 12.1. The van der Waals surface area contributed by atoms with Gasteiger partial charge in [-0.2, -0.15) is 5.10 Å². The fraction of sp³-hybridized carbons (Fsp3) is 0.167. The molecule has 0 N–H and O–H groups in total. The summed E-state index contributed by atoms with van der Waals surface area (Å²) in [5, 5.41) is 4.81. The van der Waals surface area contributed by atoms with Crippen LogP contribution in [0.1, 0.15) is 5.82 Å². The van der Waals surface area contributed by atoms with E-state index < -0.39 is 0 Å². The molecule has 0 saturated carbocycles. The zero-order valence-electron chi connectivity index (χ0n) is 9.52. The molecule has 92 valence electrons. The van der Waals surface area contributed by atoms with Crippen molar-refractivity contribution in [3.8, 4) is 15.5 Å². The SMILES string of the molecule is Cc1nn(CC#CI)c(=O)n1-c1ccc(Cl)cc1. The summed E-state index contributed by atoms with van der Waals surface area (Å²) in [6.07, 6.45) is 0. The molecule has 0 atom stereocenters. The average Bonchev–Trinajstić information content (AvgIpc) is 2.63. The summed E-state index contributed by atoms with van der Waals surface area (Å²) in [5.41, 5.74) is 0.546. The Morgan fingerprint density at radius 3 is 2.67 bits per heavy atom. The lowest BCUT2D eigenvalue weighted by atomic mass is 10.3. The summed E-state index contributed by atoms with van der Waals surface area (Å²) < 4.78 is 5.59. The smallest absolute Gasteiger partial charge is 0.247 e. The van der Waals surface area contributed by atoms with E-state index in [1.54, 1.807) is 31.2 Å². The molecular weight excluding hydrogens is 365 g/mol. The van der Waals surface area contributed by atoms with Crippen LogP contribution in [0.25, 0.3) is 5.69 Å². The maximum Gasteiger partial charge on any atom is 0.351 e. The van der Waals surface area contributed by atoms with Crippen LogP contribution in [0.15, 0.2) is 29.1 Å². The quantitative estimate of drug-likeness (QED) is 0.599. The maximum atomic E-state index is 12.1. The van der Waals surface area contributed by atoms with Gasteiger partial charge in [0.05, 0.1) is 5.69 Å².